The number of phenolic OH excluding ortho intramolecular Hbond substituents is 1. The fourth-order valence-electron chi connectivity index (χ4n) is 5.69. The molecule has 0 aromatic heterocycles. The molecule has 46 heavy (non-hydrogen) atoms. The van der Waals surface area contributed by atoms with Crippen molar-refractivity contribution in [2.75, 3.05) is 46.8 Å². The second kappa shape index (κ2) is 16.2. The van der Waals surface area contributed by atoms with Gasteiger partial charge in [0.15, 0.2) is 5.60 Å². The fourth-order valence-corrected chi connectivity index (χ4v) is 5.89. The molecule has 1 unspecified atom stereocenters. The number of carbonyl (C=O) groups excluding carboxylic acids is 1. The minimum atomic E-state index is -2.74. The van der Waals surface area contributed by atoms with Crippen LogP contribution < -0.4 is 5.32 Å². The van der Waals surface area contributed by atoms with Crippen molar-refractivity contribution in [3.8, 4) is 5.75 Å². The van der Waals surface area contributed by atoms with Crippen molar-refractivity contribution in [2.45, 2.75) is 49.9 Å². The number of piperidine rings is 1. The first kappa shape index (κ1) is 36.7. The molecule has 2 aromatic rings. The molecule has 2 aliphatic rings. The number of nitrogens with one attached hydrogen (secondary N) is 1. The first-order chi connectivity index (χ1) is 21.6. The number of carboxylic acid groups (broad SMARTS) is 3. The maximum Gasteiger partial charge on any atom is 0.336 e. The lowest BCUT2D eigenvalue weighted by Crippen LogP contribution is -2.47. The standard InChI is InChI=1S/C26H34ClN3O3.C6H8O7/c1-29(2)14-11-28-25(32)21(15-20-16-22(31)7-8-24(20)27)17-30-12-9-26(10-13-30)23-6-4-3-5-19(23)18-33-26;7-3(8)1-6(13,5(11)12)2-4(9)10/h3-8,16,21,31H,9-15,17-18H2,1-2H3,(H,28,32);13H,1-2H2,(H,7,8)(H,9,10)(H,11,12). The third-order valence-electron chi connectivity index (χ3n) is 8.16. The van der Waals surface area contributed by atoms with E-state index in [0.29, 0.717) is 31.1 Å². The number of likely N-dealkylation sites (tertiary alicyclic amines) is 1. The molecule has 0 saturated carbocycles. The van der Waals surface area contributed by atoms with Crippen LogP contribution in [0.3, 0.4) is 0 Å². The number of hydrogen-bond donors (Lipinski definition) is 6. The Bertz CT molecular complexity index is 1380. The highest BCUT2D eigenvalue weighted by atomic mass is 35.5. The summed E-state index contributed by atoms with van der Waals surface area (Å²) >= 11 is 6.38. The Morgan fingerprint density at radius 3 is 2.26 bits per heavy atom. The molecule has 0 aliphatic carbocycles. The number of phenols is 1. The van der Waals surface area contributed by atoms with Crippen molar-refractivity contribution in [1.82, 2.24) is 15.1 Å². The van der Waals surface area contributed by atoms with E-state index in [1.165, 1.54) is 11.1 Å². The van der Waals surface area contributed by atoms with Gasteiger partial charge in [-0.3, -0.25) is 14.4 Å². The number of fused-ring (bicyclic) bond motifs is 2. The van der Waals surface area contributed by atoms with Crippen molar-refractivity contribution >= 4 is 35.4 Å². The van der Waals surface area contributed by atoms with E-state index in [4.69, 9.17) is 36.8 Å². The largest absolute Gasteiger partial charge is 0.508 e. The van der Waals surface area contributed by atoms with Crippen LogP contribution in [0.15, 0.2) is 42.5 Å². The highest BCUT2D eigenvalue weighted by Crippen LogP contribution is 2.44. The summed E-state index contributed by atoms with van der Waals surface area (Å²) < 4.78 is 6.30. The van der Waals surface area contributed by atoms with Gasteiger partial charge in [-0.2, -0.15) is 0 Å². The molecular formula is C32H42ClN3O10. The Morgan fingerprint density at radius 2 is 1.67 bits per heavy atom. The molecule has 1 atom stereocenters. The van der Waals surface area contributed by atoms with Crippen LogP contribution in [0.4, 0.5) is 0 Å². The number of halogens is 1. The molecule has 2 aromatic carbocycles. The number of nitrogens with zero attached hydrogens (tertiary/aromatic N) is 2. The molecule has 1 spiro atoms. The summed E-state index contributed by atoms with van der Waals surface area (Å²) in [4.78, 5) is 48.0. The van der Waals surface area contributed by atoms with Gasteiger partial charge >= 0.3 is 17.9 Å². The first-order valence-corrected chi connectivity index (χ1v) is 15.3. The topological polar surface area (TPSA) is 197 Å². The van der Waals surface area contributed by atoms with E-state index in [2.05, 4.69) is 34.5 Å². The van der Waals surface area contributed by atoms with Crippen LogP contribution >= 0.6 is 11.6 Å². The molecule has 6 N–H and O–H groups in total. The maximum atomic E-state index is 13.1. The van der Waals surface area contributed by atoms with Gasteiger partial charge in [0.05, 0.1) is 31.0 Å². The van der Waals surface area contributed by atoms with E-state index in [1.54, 1.807) is 18.2 Å². The number of carboxylic acids is 3. The van der Waals surface area contributed by atoms with Crippen molar-refractivity contribution in [2.24, 2.45) is 5.92 Å². The quantitative estimate of drug-likeness (QED) is 0.183. The van der Waals surface area contributed by atoms with Crippen molar-refractivity contribution in [3.63, 3.8) is 0 Å². The predicted molar refractivity (Wildman–Crippen MR) is 168 cm³/mol. The predicted octanol–water partition coefficient (Wildman–Crippen LogP) is 2.16. The highest BCUT2D eigenvalue weighted by Gasteiger charge is 2.43. The van der Waals surface area contributed by atoms with Crippen molar-refractivity contribution < 1.29 is 49.4 Å². The maximum absolute atomic E-state index is 13.1. The zero-order valence-corrected chi connectivity index (χ0v) is 26.7. The molecule has 13 nitrogen and oxygen atoms in total. The molecule has 4 rings (SSSR count). The van der Waals surface area contributed by atoms with Crippen LogP contribution in [-0.2, 0) is 42.5 Å². The number of aliphatic hydroxyl groups is 1. The summed E-state index contributed by atoms with van der Waals surface area (Å²) in [6.45, 7) is 4.48. The molecule has 1 fully saturated rings. The Hall–Kier alpha value is -3.75. The Kier molecular flexibility index (Phi) is 12.9. The van der Waals surface area contributed by atoms with Gasteiger partial charge in [0, 0.05) is 37.7 Å². The van der Waals surface area contributed by atoms with Crippen LogP contribution in [0.1, 0.15) is 42.4 Å². The number of rotatable bonds is 13. The summed E-state index contributed by atoms with van der Waals surface area (Å²) in [6, 6.07) is 13.4. The number of carbonyl (C=O) groups is 4. The highest BCUT2D eigenvalue weighted by molar-refractivity contribution is 6.31. The SMILES string of the molecule is CN(C)CCNC(=O)C(Cc1cc(O)ccc1Cl)CN1CCC2(CC1)OCc1ccccc12.O=C(O)CC(O)(CC(=O)O)C(=O)O. The molecule has 0 radical (unpaired) electrons. The van der Waals surface area contributed by atoms with Gasteiger partial charge in [-0.1, -0.05) is 35.9 Å². The molecule has 2 heterocycles. The number of amides is 1. The first-order valence-electron chi connectivity index (χ1n) is 14.9. The average molecular weight is 664 g/mol. The second-order valence-corrected chi connectivity index (χ2v) is 12.4. The molecule has 252 valence electrons. The minimum absolute atomic E-state index is 0.0269. The number of aliphatic carboxylic acids is 3. The zero-order chi connectivity index (χ0) is 34.1. The smallest absolute Gasteiger partial charge is 0.336 e. The van der Waals surface area contributed by atoms with Crippen LogP contribution in [-0.4, -0.2) is 112 Å². The van der Waals surface area contributed by atoms with Crippen molar-refractivity contribution in [1.29, 1.82) is 0 Å². The average Bonchev–Trinajstić information content (AvgIpc) is 3.33. The van der Waals surface area contributed by atoms with E-state index in [-0.39, 0.29) is 23.2 Å². The second-order valence-electron chi connectivity index (χ2n) is 12.0. The monoisotopic (exact) mass is 663 g/mol. The third-order valence-corrected chi connectivity index (χ3v) is 8.53. The number of likely N-dealkylation sites (N-methyl/N-ethyl adjacent to an activating group) is 1. The molecule has 2 aliphatic heterocycles. The van der Waals surface area contributed by atoms with E-state index in [0.717, 1.165) is 38.0 Å². The molecule has 0 bridgehead atoms. The van der Waals surface area contributed by atoms with Gasteiger partial charge in [-0.05, 0) is 68.2 Å². The van der Waals surface area contributed by atoms with Crippen LogP contribution in [0, 0.1) is 5.92 Å². The lowest BCUT2D eigenvalue weighted by atomic mass is 9.83. The van der Waals surface area contributed by atoms with Gasteiger partial charge in [0.1, 0.15) is 5.75 Å². The lowest BCUT2D eigenvalue weighted by Gasteiger charge is -2.40. The Labute approximate surface area is 272 Å². The van der Waals surface area contributed by atoms with Gasteiger partial charge in [0.25, 0.3) is 0 Å². The summed E-state index contributed by atoms with van der Waals surface area (Å²) in [5.41, 5.74) is 0.491. The Morgan fingerprint density at radius 1 is 1.04 bits per heavy atom. The number of aromatic hydroxyl groups is 1. The molecule has 1 saturated heterocycles. The molecule has 1 amide bonds. The van der Waals surface area contributed by atoms with E-state index in [9.17, 15) is 24.3 Å². The van der Waals surface area contributed by atoms with E-state index >= 15 is 0 Å². The zero-order valence-electron chi connectivity index (χ0n) is 25.9. The Balaban J connectivity index is 0.000000376. The molecule has 14 heteroatoms. The fraction of sp³-hybridized carbons (Fsp3) is 0.500. The minimum Gasteiger partial charge on any atom is -0.508 e. The van der Waals surface area contributed by atoms with Gasteiger partial charge in [0.2, 0.25) is 5.91 Å². The van der Waals surface area contributed by atoms with Gasteiger partial charge < -0.3 is 45.4 Å². The molecular weight excluding hydrogens is 622 g/mol. The third kappa shape index (κ3) is 10.1. The normalized spacial score (nSPS) is 16.3. The number of ether oxygens (including phenoxy) is 1. The van der Waals surface area contributed by atoms with Crippen LogP contribution in [0.5, 0.6) is 5.75 Å². The van der Waals surface area contributed by atoms with E-state index in [1.807, 2.05) is 19.0 Å². The van der Waals surface area contributed by atoms with Crippen LogP contribution in [0.2, 0.25) is 5.02 Å². The summed E-state index contributed by atoms with van der Waals surface area (Å²) in [6.07, 6.45) is 0.0446. The van der Waals surface area contributed by atoms with Gasteiger partial charge in [-0.25, -0.2) is 4.79 Å². The lowest BCUT2D eigenvalue weighted by molar-refractivity contribution is -0.170. The summed E-state index contributed by atoms with van der Waals surface area (Å²) in [5.74, 6) is -5.08. The van der Waals surface area contributed by atoms with E-state index < -0.39 is 36.4 Å². The number of benzene rings is 2. The summed E-state index contributed by atoms with van der Waals surface area (Å²) in [5, 5.41) is 47.4. The van der Waals surface area contributed by atoms with Gasteiger partial charge in [-0.15, -0.1) is 0 Å². The van der Waals surface area contributed by atoms with Crippen molar-refractivity contribution in [3.05, 3.63) is 64.2 Å². The summed E-state index contributed by atoms with van der Waals surface area (Å²) in [7, 11) is 3.98. The number of hydrogen-bond acceptors (Lipinski definition) is 9. The van der Waals surface area contributed by atoms with Crippen LogP contribution in [0.25, 0.3) is 0 Å².